The summed E-state index contributed by atoms with van der Waals surface area (Å²) in [5.74, 6) is -0.591. The number of benzene rings is 2. The van der Waals surface area contributed by atoms with Gasteiger partial charge in [0, 0.05) is 35.5 Å². The van der Waals surface area contributed by atoms with Crippen molar-refractivity contribution in [2.24, 2.45) is 5.14 Å². The normalized spacial score (nSPS) is 10.9. The fraction of sp³-hybridized carbons (Fsp3) is 0.269. The van der Waals surface area contributed by atoms with Gasteiger partial charge in [0.15, 0.2) is 4.34 Å². The van der Waals surface area contributed by atoms with E-state index in [-0.39, 0.29) is 17.4 Å². The first-order valence-electron chi connectivity index (χ1n) is 12.4. The Morgan fingerprint density at radius 2 is 1.82 bits per heavy atom. The second-order valence-electron chi connectivity index (χ2n) is 8.71. The molecule has 6 N–H and O–H groups in total. The number of hydrogen-bond acceptors (Lipinski definition) is 9. The van der Waals surface area contributed by atoms with Crippen molar-refractivity contribution >= 4 is 68.7 Å². The molecule has 210 valence electrons. The number of nitrogens with one attached hydrogen (secondary N) is 3. The Bertz CT molecular complexity index is 1490. The zero-order valence-corrected chi connectivity index (χ0v) is 23.6. The predicted molar refractivity (Wildman–Crippen MR) is 156 cm³/mol. The van der Waals surface area contributed by atoms with E-state index < -0.39 is 5.97 Å². The molecule has 0 atom stereocenters. The second kappa shape index (κ2) is 14.1. The number of nitrogens with zero attached hydrogens (tertiary/aromatic N) is 2. The number of rotatable bonds is 14. The molecule has 0 radical (unpaired) electrons. The second-order valence-corrected chi connectivity index (χ2v) is 11.0. The number of halogens is 1. The summed E-state index contributed by atoms with van der Waals surface area (Å²) in [6.45, 7) is 0.668. The van der Waals surface area contributed by atoms with Gasteiger partial charge >= 0.3 is 5.97 Å². The summed E-state index contributed by atoms with van der Waals surface area (Å²) in [4.78, 5) is 38.4. The van der Waals surface area contributed by atoms with E-state index in [2.05, 4.69) is 25.8 Å². The fourth-order valence-electron chi connectivity index (χ4n) is 3.96. The number of hydrogen-bond donors (Lipinski definition) is 5. The highest BCUT2D eigenvalue weighted by atomic mass is 35.5. The van der Waals surface area contributed by atoms with E-state index in [1.165, 1.54) is 17.5 Å². The number of carbonyl (C=O) groups excluding carboxylic acids is 2. The Hall–Kier alpha value is -3.65. The summed E-state index contributed by atoms with van der Waals surface area (Å²) in [7, 11) is 0. The molecule has 0 fully saturated rings. The van der Waals surface area contributed by atoms with Gasteiger partial charge in [0.1, 0.15) is 12.4 Å². The van der Waals surface area contributed by atoms with Gasteiger partial charge in [0.05, 0.1) is 17.1 Å². The first-order chi connectivity index (χ1) is 19.3. The molecule has 0 aliphatic carbocycles. The molecule has 14 heteroatoms. The van der Waals surface area contributed by atoms with E-state index in [1.807, 2.05) is 12.1 Å². The van der Waals surface area contributed by atoms with Crippen LogP contribution in [0.2, 0.25) is 5.02 Å². The summed E-state index contributed by atoms with van der Waals surface area (Å²) >= 11 is 8.63. The van der Waals surface area contributed by atoms with Gasteiger partial charge in [-0.15, -0.1) is 10.2 Å². The lowest BCUT2D eigenvalue weighted by Gasteiger charge is -2.10. The fourth-order valence-corrected chi connectivity index (χ4v) is 5.24. The topological polar surface area (TPSA) is 172 Å². The smallest absolute Gasteiger partial charge is 0.337 e. The molecule has 4 rings (SSSR count). The van der Waals surface area contributed by atoms with Gasteiger partial charge in [0.2, 0.25) is 16.9 Å². The van der Waals surface area contributed by atoms with Gasteiger partial charge in [-0.05, 0) is 54.6 Å². The zero-order chi connectivity index (χ0) is 28.5. The third kappa shape index (κ3) is 7.94. The highest BCUT2D eigenvalue weighted by molar-refractivity contribution is 7.98. The standard InChI is InChI=1S/C26H27ClN6O5S2/c27-20-13-21-18(19(14-30-21)24(36)37)12-17(20)15-6-8-16(9-7-15)38-11-10-29-22(34)4-2-1-3-5-23(35)31-25-32-33-26(39-25)40-28/h6-9,12-14,30H,1-5,10-11,28H2,(H,29,34)(H,36,37)(H,31,32,35). The molecule has 11 nitrogen and oxygen atoms in total. The minimum Gasteiger partial charge on any atom is -0.492 e. The first-order valence-corrected chi connectivity index (χ1v) is 14.5. The van der Waals surface area contributed by atoms with Crippen LogP contribution in [0.15, 0.2) is 46.9 Å². The molecule has 0 unspecified atom stereocenters. The first kappa shape index (κ1) is 29.3. The number of carboxylic acids is 1. The number of aromatic carboxylic acids is 1. The molecule has 0 aliphatic heterocycles. The SMILES string of the molecule is NSc1nnc(NC(=O)CCCCCC(=O)NCCOc2ccc(-c3cc4c(C(=O)O)c[nH]c4cc3Cl)cc2)s1. The number of aromatic nitrogens is 3. The Morgan fingerprint density at radius 3 is 2.52 bits per heavy atom. The molecule has 0 bridgehead atoms. The van der Waals surface area contributed by atoms with Crippen molar-refractivity contribution in [2.45, 2.75) is 36.4 Å². The van der Waals surface area contributed by atoms with Crippen LogP contribution in [0.5, 0.6) is 5.75 Å². The highest BCUT2D eigenvalue weighted by Gasteiger charge is 2.14. The van der Waals surface area contributed by atoms with E-state index in [9.17, 15) is 19.5 Å². The van der Waals surface area contributed by atoms with Crippen molar-refractivity contribution in [1.82, 2.24) is 20.5 Å². The van der Waals surface area contributed by atoms with E-state index in [1.54, 1.807) is 24.3 Å². The average Bonchev–Trinajstić information content (AvgIpc) is 3.57. The van der Waals surface area contributed by atoms with Crippen LogP contribution in [0.25, 0.3) is 22.0 Å². The number of anilines is 1. The summed E-state index contributed by atoms with van der Waals surface area (Å²) in [6.07, 6.45) is 4.27. The molecule has 0 spiro atoms. The lowest BCUT2D eigenvalue weighted by molar-refractivity contribution is -0.121. The van der Waals surface area contributed by atoms with Crippen molar-refractivity contribution in [2.75, 3.05) is 18.5 Å². The number of carbonyl (C=O) groups is 3. The van der Waals surface area contributed by atoms with Crippen molar-refractivity contribution in [1.29, 1.82) is 0 Å². The number of amides is 2. The molecule has 2 heterocycles. The molecule has 2 aromatic carbocycles. The Kier molecular flexibility index (Phi) is 10.4. The summed E-state index contributed by atoms with van der Waals surface area (Å²) in [5, 5.41) is 29.5. The maximum atomic E-state index is 12.1. The van der Waals surface area contributed by atoms with Gasteiger partial charge in [-0.3, -0.25) is 14.7 Å². The Labute approximate surface area is 243 Å². The Morgan fingerprint density at radius 1 is 1.07 bits per heavy atom. The lowest BCUT2D eigenvalue weighted by atomic mass is 10.0. The van der Waals surface area contributed by atoms with Crippen LogP contribution >= 0.6 is 34.9 Å². The number of ether oxygens (including phenoxy) is 1. The van der Waals surface area contributed by atoms with Crippen LogP contribution in [0.4, 0.5) is 5.13 Å². The van der Waals surface area contributed by atoms with Crippen molar-refractivity contribution in [3.05, 3.63) is 53.2 Å². The molecule has 0 saturated carbocycles. The van der Waals surface area contributed by atoms with Crippen molar-refractivity contribution in [3.8, 4) is 16.9 Å². The van der Waals surface area contributed by atoms with Crippen LogP contribution in [-0.2, 0) is 9.59 Å². The minimum absolute atomic E-state index is 0.0698. The maximum Gasteiger partial charge on any atom is 0.337 e. The predicted octanol–water partition coefficient (Wildman–Crippen LogP) is 5.09. The third-order valence-electron chi connectivity index (χ3n) is 5.92. The molecular weight excluding hydrogens is 576 g/mol. The molecule has 2 aromatic heterocycles. The van der Waals surface area contributed by atoms with Gasteiger partial charge in [-0.1, -0.05) is 41.5 Å². The van der Waals surface area contributed by atoms with Crippen LogP contribution < -0.4 is 20.5 Å². The number of nitrogens with two attached hydrogens (primary N) is 1. The van der Waals surface area contributed by atoms with Gasteiger partial charge < -0.3 is 25.5 Å². The molecule has 0 aliphatic rings. The number of H-pyrrole nitrogens is 1. The van der Waals surface area contributed by atoms with Gasteiger partial charge in [0.25, 0.3) is 0 Å². The van der Waals surface area contributed by atoms with Crippen LogP contribution in [-0.4, -0.2) is 51.2 Å². The number of fused-ring (bicyclic) bond motifs is 1. The van der Waals surface area contributed by atoms with Crippen LogP contribution in [0, 0.1) is 0 Å². The quantitative estimate of drug-likeness (QED) is 0.0748. The maximum absolute atomic E-state index is 12.1. The average molecular weight is 603 g/mol. The molecule has 0 saturated heterocycles. The van der Waals surface area contributed by atoms with Crippen LogP contribution in [0.1, 0.15) is 42.5 Å². The number of unbranched alkanes of at least 4 members (excludes halogenated alkanes) is 2. The highest BCUT2D eigenvalue weighted by Crippen LogP contribution is 2.34. The monoisotopic (exact) mass is 602 g/mol. The summed E-state index contributed by atoms with van der Waals surface area (Å²) in [5.41, 5.74) is 2.38. The van der Waals surface area contributed by atoms with Crippen LogP contribution in [0.3, 0.4) is 0 Å². The van der Waals surface area contributed by atoms with E-state index in [0.29, 0.717) is 75.5 Å². The van der Waals surface area contributed by atoms with Gasteiger partial charge in [-0.2, -0.15) is 0 Å². The van der Waals surface area contributed by atoms with Gasteiger partial charge in [-0.25, -0.2) is 4.79 Å². The molecule has 2 amide bonds. The summed E-state index contributed by atoms with van der Waals surface area (Å²) in [6, 6.07) is 10.8. The van der Waals surface area contributed by atoms with E-state index >= 15 is 0 Å². The van der Waals surface area contributed by atoms with E-state index in [4.69, 9.17) is 21.5 Å². The van der Waals surface area contributed by atoms with Crippen molar-refractivity contribution in [3.63, 3.8) is 0 Å². The number of aromatic amines is 1. The van der Waals surface area contributed by atoms with Crippen molar-refractivity contribution < 1.29 is 24.2 Å². The minimum atomic E-state index is -1.01. The number of carboxylic acid groups (broad SMARTS) is 1. The third-order valence-corrected chi connectivity index (χ3v) is 7.69. The Balaban J connectivity index is 1.13. The largest absolute Gasteiger partial charge is 0.492 e. The lowest BCUT2D eigenvalue weighted by Crippen LogP contribution is -2.27. The zero-order valence-electron chi connectivity index (χ0n) is 21.2. The van der Waals surface area contributed by atoms with E-state index in [0.717, 1.165) is 23.9 Å². The molecule has 4 aromatic rings. The summed E-state index contributed by atoms with van der Waals surface area (Å²) < 4.78 is 6.30. The molecular formula is C26H27ClN6O5S2. The molecule has 40 heavy (non-hydrogen) atoms.